The van der Waals surface area contributed by atoms with E-state index in [1.54, 1.807) is 0 Å². The maximum atomic E-state index is 5.98. The van der Waals surface area contributed by atoms with Crippen molar-refractivity contribution in [2.45, 2.75) is 58.8 Å². The van der Waals surface area contributed by atoms with E-state index in [-0.39, 0.29) is 5.41 Å². The van der Waals surface area contributed by atoms with Crippen LogP contribution in [0.4, 0.5) is 0 Å². The molecule has 0 aliphatic heterocycles. The molecule has 0 fully saturated rings. The standard InChI is InChI=1S/C17H28OS/c1-14-9-10-16(15(13-14)17(2,3)4)18-11-7-5-6-8-12-19/h9-10,13,19H,5-8,11-12H2,1-4H3. The zero-order valence-corrected chi connectivity index (χ0v) is 13.7. The summed E-state index contributed by atoms with van der Waals surface area (Å²) in [7, 11) is 0. The second kappa shape index (κ2) is 7.84. The molecule has 0 aliphatic rings. The van der Waals surface area contributed by atoms with Gasteiger partial charge in [-0.2, -0.15) is 12.6 Å². The third-order valence-electron chi connectivity index (χ3n) is 3.25. The Hall–Kier alpha value is -0.630. The van der Waals surface area contributed by atoms with Crippen molar-refractivity contribution in [3.63, 3.8) is 0 Å². The summed E-state index contributed by atoms with van der Waals surface area (Å²) in [5, 5.41) is 0. The maximum absolute atomic E-state index is 5.98. The molecule has 1 aromatic carbocycles. The summed E-state index contributed by atoms with van der Waals surface area (Å²) in [6.07, 6.45) is 4.83. The summed E-state index contributed by atoms with van der Waals surface area (Å²) in [5.41, 5.74) is 2.74. The molecule has 19 heavy (non-hydrogen) atoms. The Morgan fingerprint density at radius 3 is 2.37 bits per heavy atom. The van der Waals surface area contributed by atoms with Crippen LogP contribution in [0.2, 0.25) is 0 Å². The van der Waals surface area contributed by atoms with Gasteiger partial charge >= 0.3 is 0 Å². The van der Waals surface area contributed by atoms with Crippen molar-refractivity contribution in [1.29, 1.82) is 0 Å². The number of hydrogen-bond acceptors (Lipinski definition) is 2. The molecule has 0 saturated carbocycles. The first-order valence-corrected chi connectivity index (χ1v) is 7.93. The average molecular weight is 280 g/mol. The van der Waals surface area contributed by atoms with Crippen LogP contribution in [0, 0.1) is 6.92 Å². The summed E-state index contributed by atoms with van der Waals surface area (Å²) in [5.74, 6) is 2.04. The van der Waals surface area contributed by atoms with Gasteiger partial charge < -0.3 is 4.74 Å². The smallest absolute Gasteiger partial charge is 0.123 e. The van der Waals surface area contributed by atoms with Crippen LogP contribution in [0.1, 0.15) is 57.6 Å². The van der Waals surface area contributed by atoms with E-state index in [2.05, 4.69) is 58.5 Å². The fourth-order valence-electron chi connectivity index (χ4n) is 2.11. The molecule has 0 aliphatic carbocycles. The molecule has 1 nitrogen and oxygen atoms in total. The molecule has 0 N–H and O–H groups in total. The lowest BCUT2D eigenvalue weighted by molar-refractivity contribution is 0.297. The van der Waals surface area contributed by atoms with E-state index >= 15 is 0 Å². The highest BCUT2D eigenvalue weighted by atomic mass is 32.1. The molecule has 0 amide bonds. The quantitative estimate of drug-likeness (QED) is 0.536. The highest BCUT2D eigenvalue weighted by Crippen LogP contribution is 2.32. The van der Waals surface area contributed by atoms with E-state index in [4.69, 9.17) is 4.74 Å². The van der Waals surface area contributed by atoms with Gasteiger partial charge in [0, 0.05) is 0 Å². The molecule has 0 aromatic heterocycles. The van der Waals surface area contributed by atoms with E-state index in [9.17, 15) is 0 Å². The molecule has 0 unspecified atom stereocenters. The van der Waals surface area contributed by atoms with Gasteiger partial charge in [-0.1, -0.05) is 51.3 Å². The lowest BCUT2D eigenvalue weighted by Gasteiger charge is -2.23. The summed E-state index contributed by atoms with van der Waals surface area (Å²) in [4.78, 5) is 0. The third kappa shape index (κ3) is 5.90. The number of thiol groups is 1. The molecule has 1 rings (SSSR count). The minimum atomic E-state index is 0.132. The van der Waals surface area contributed by atoms with Crippen LogP contribution in [0.15, 0.2) is 18.2 Å². The van der Waals surface area contributed by atoms with Crippen molar-refractivity contribution in [1.82, 2.24) is 0 Å². The van der Waals surface area contributed by atoms with E-state index in [0.29, 0.717) is 0 Å². The van der Waals surface area contributed by atoms with Gasteiger partial charge in [-0.25, -0.2) is 0 Å². The lowest BCUT2D eigenvalue weighted by atomic mass is 9.85. The zero-order chi connectivity index (χ0) is 14.3. The number of aryl methyl sites for hydroxylation is 1. The first-order chi connectivity index (χ1) is 8.95. The van der Waals surface area contributed by atoms with Crippen LogP contribution in [-0.2, 0) is 5.41 Å². The monoisotopic (exact) mass is 280 g/mol. The highest BCUT2D eigenvalue weighted by molar-refractivity contribution is 7.80. The Morgan fingerprint density at radius 1 is 1.05 bits per heavy atom. The van der Waals surface area contributed by atoms with Gasteiger partial charge in [0.1, 0.15) is 5.75 Å². The van der Waals surface area contributed by atoms with Crippen LogP contribution in [0.3, 0.4) is 0 Å². The van der Waals surface area contributed by atoms with Crippen molar-refractivity contribution in [3.05, 3.63) is 29.3 Å². The first-order valence-electron chi connectivity index (χ1n) is 7.30. The van der Waals surface area contributed by atoms with Crippen LogP contribution < -0.4 is 4.74 Å². The maximum Gasteiger partial charge on any atom is 0.123 e. The van der Waals surface area contributed by atoms with Crippen molar-refractivity contribution in [2.75, 3.05) is 12.4 Å². The number of ether oxygens (including phenoxy) is 1. The van der Waals surface area contributed by atoms with Gasteiger partial charge in [-0.15, -0.1) is 0 Å². The van der Waals surface area contributed by atoms with Crippen molar-refractivity contribution in [2.24, 2.45) is 0 Å². The molecule has 0 spiro atoms. The molecule has 0 radical (unpaired) electrons. The molecule has 2 heteroatoms. The molecule has 0 saturated heterocycles. The fourth-order valence-corrected chi connectivity index (χ4v) is 2.33. The first kappa shape index (κ1) is 16.4. The highest BCUT2D eigenvalue weighted by Gasteiger charge is 2.18. The molecule has 0 atom stereocenters. The van der Waals surface area contributed by atoms with E-state index < -0.39 is 0 Å². The SMILES string of the molecule is Cc1ccc(OCCCCCCS)c(C(C)(C)C)c1. The van der Waals surface area contributed by atoms with Gasteiger partial charge in [0.15, 0.2) is 0 Å². The molecule has 1 aromatic rings. The van der Waals surface area contributed by atoms with E-state index in [1.807, 2.05) is 0 Å². The number of benzene rings is 1. The summed E-state index contributed by atoms with van der Waals surface area (Å²) in [6.45, 7) is 9.67. The Balaban J connectivity index is 2.54. The van der Waals surface area contributed by atoms with Gasteiger partial charge in [-0.3, -0.25) is 0 Å². The number of rotatable bonds is 7. The molecular formula is C17H28OS. The fraction of sp³-hybridized carbons (Fsp3) is 0.647. The predicted molar refractivity (Wildman–Crippen MR) is 87.7 cm³/mol. The minimum Gasteiger partial charge on any atom is -0.493 e. The third-order valence-corrected chi connectivity index (χ3v) is 3.57. The second-order valence-corrected chi connectivity index (χ2v) is 6.68. The Kier molecular flexibility index (Phi) is 6.78. The topological polar surface area (TPSA) is 9.23 Å². The molecule has 0 bridgehead atoms. The van der Waals surface area contributed by atoms with E-state index in [0.717, 1.165) is 24.5 Å². The van der Waals surface area contributed by atoms with Gasteiger partial charge in [0.25, 0.3) is 0 Å². The summed E-state index contributed by atoms with van der Waals surface area (Å²) in [6, 6.07) is 6.49. The van der Waals surface area contributed by atoms with Gasteiger partial charge in [0.05, 0.1) is 6.61 Å². The van der Waals surface area contributed by atoms with Crippen LogP contribution in [0.5, 0.6) is 5.75 Å². The average Bonchev–Trinajstić information content (AvgIpc) is 2.34. The Morgan fingerprint density at radius 2 is 1.74 bits per heavy atom. The van der Waals surface area contributed by atoms with E-state index in [1.165, 1.54) is 30.4 Å². The molecule has 108 valence electrons. The van der Waals surface area contributed by atoms with Crippen molar-refractivity contribution < 1.29 is 4.74 Å². The number of hydrogen-bond donors (Lipinski definition) is 1. The molecular weight excluding hydrogens is 252 g/mol. The Labute approximate surface area is 124 Å². The predicted octanol–water partition coefficient (Wildman–Crippen LogP) is 5.16. The van der Waals surface area contributed by atoms with Crippen molar-refractivity contribution in [3.8, 4) is 5.75 Å². The van der Waals surface area contributed by atoms with Crippen LogP contribution in [0.25, 0.3) is 0 Å². The summed E-state index contributed by atoms with van der Waals surface area (Å²) < 4.78 is 5.98. The van der Waals surface area contributed by atoms with Crippen molar-refractivity contribution >= 4 is 12.6 Å². The molecule has 0 heterocycles. The second-order valence-electron chi connectivity index (χ2n) is 6.24. The lowest BCUT2D eigenvalue weighted by Crippen LogP contribution is -2.14. The Bertz CT molecular complexity index is 379. The number of unbranched alkanes of at least 4 members (excludes halogenated alkanes) is 3. The van der Waals surface area contributed by atoms with Crippen LogP contribution in [-0.4, -0.2) is 12.4 Å². The largest absolute Gasteiger partial charge is 0.493 e. The minimum absolute atomic E-state index is 0.132. The zero-order valence-electron chi connectivity index (χ0n) is 12.8. The normalized spacial score (nSPS) is 11.6. The summed E-state index contributed by atoms with van der Waals surface area (Å²) >= 11 is 4.23. The van der Waals surface area contributed by atoms with Gasteiger partial charge in [-0.05, 0) is 42.6 Å². The van der Waals surface area contributed by atoms with Gasteiger partial charge in [0.2, 0.25) is 0 Å². The van der Waals surface area contributed by atoms with Crippen LogP contribution >= 0.6 is 12.6 Å².